The third-order valence-electron chi connectivity index (χ3n) is 5.15. The molecule has 2 heterocycles. The Morgan fingerprint density at radius 2 is 1.97 bits per heavy atom. The van der Waals surface area contributed by atoms with Crippen LogP contribution < -0.4 is 26.2 Å². The Bertz CT molecular complexity index is 934. The average molecular weight is 441 g/mol. The molecule has 32 heavy (non-hydrogen) atoms. The Morgan fingerprint density at radius 3 is 2.62 bits per heavy atom. The van der Waals surface area contributed by atoms with Gasteiger partial charge in [0.1, 0.15) is 0 Å². The Hall–Kier alpha value is -2.94. The summed E-state index contributed by atoms with van der Waals surface area (Å²) in [4.78, 5) is 28.3. The average Bonchev–Trinajstić information content (AvgIpc) is 3.21. The fourth-order valence-electron chi connectivity index (χ4n) is 3.68. The normalized spacial score (nSPS) is 16.0. The third-order valence-corrected chi connectivity index (χ3v) is 5.15. The molecule has 0 bridgehead atoms. The summed E-state index contributed by atoms with van der Waals surface area (Å²) in [6.45, 7) is 13.7. The molecule has 0 radical (unpaired) electrons. The molecule has 1 amide bonds. The fraction of sp³-hybridized carbons (Fsp3) is 0.565. The zero-order valence-corrected chi connectivity index (χ0v) is 20.0. The first-order chi connectivity index (χ1) is 15.1. The summed E-state index contributed by atoms with van der Waals surface area (Å²) in [5, 5.41) is 12.9. The first kappa shape index (κ1) is 23.7. The van der Waals surface area contributed by atoms with Crippen molar-refractivity contribution in [2.45, 2.75) is 47.1 Å². The minimum Gasteiger partial charge on any atom is -0.352 e. The molecule has 1 saturated heterocycles. The number of hydrogen-bond donors (Lipinski definition) is 4. The molecule has 1 aromatic heterocycles. The molecule has 0 spiro atoms. The molecule has 1 aromatic carbocycles. The van der Waals surface area contributed by atoms with Crippen LogP contribution in [0.15, 0.2) is 18.2 Å². The second kappa shape index (κ2) is 10.1. The third kappa shape index (κ3) is 6.53. The lowest BCUT2D eigenvalue weighted by Crippen LogP contribution is -2.31. The van der Waals surface area contributed by atoms with E-state index in [4.69, 9.17) is 0 Å². The molecule has 1 fully saturated rings. The van der Waals surface area contributed by atoms with Crippen molar-refractivity contribution in [3.05, 3.63) is 29.3 Å². The molecule has 0 saturated carbocycles. The molecule has 174 valence electrons. The Kier molecular flexibility index (Phi) is 7.50. The van der Waals surface area contributed by atoms with Crippen LogP contribution in [-0.2, 0) is 0 Å². The van der Waals surface area contributed by atoms with E-state index in [1.165, 1.54) is 0 Å². The van der Waals surface area contributed by atoms with Crippen LogP contribution in [-0.4, -0.2) is 60.1 Å². The van der Waals surface area contributed by atoms with Gasteiger partial charge in [0.15, 0.2) is 0 Å². The van der Waals surface area contributed by atoms with Gasteiger partial charge in [-0.05, 0) is 49.9 Å². The van der Waals surface area contributed by atoms with Crippen molar-refractivity contribution in [2.75, 3.05) is 48.8 Å². The van der Waals surface area contributed by atoms with Crippen LogP contribution >= 0.6 is 0 Å². The van der Waals surface area contributed by atoms with E-state index in [2.05, 4.69) is 57.0 Å². The van der Waals surface area contributed by atoms with Crippen LogP contribution in [0, 0.1) is 12.3 Å². The van der Waals surface area contributed by atoms with E-state index in [1.807, 2.05) is 44.0 Å². The number of rotatable bonds is 8. The number of hydrogen-bond acceptors (Lipinski definition) is 8. The van der Waals surface area contributed by atoms with E-state index in [9.17, 15) is 4.79 Å². The lowest BCUT2D eigenvalue weighted by molar-refractivity contribution is 0.0956. The van der Waals surface area contributed by atoms with Crippen LogP contribution in [0.25, 0.3) is 0 Å². The van der Waals surface area contributed by atoms with E-state index in [0.29, 0.717) is 30.0 Å². The first-order valence-corrected chi connectivity index (χ1v) is 11.2. The summed E-state index contributed by atoms with van der Waals surface area (Å²) in [7, 11) is 1.99. The number of anilines is 4. The number of carbonyl (C=O) groups is 1. The van der Waals surface area contributed by atoms with E-state index < -0.39 is 0 Å². The van der Waals surface area contributed by atoms with E-state index in [1.54, 1.807) is 0 Å². The number of nitrogens with one attached hydrogen (secondary N) is 4. The summed E-state index contributed by atoms with van der Waals surface area (Å²) in [5.41, 5.74) is 2.47. The molecular formula is C23H36N8O. The molecule has 1 aliphatic rings. The minimum absolute atomic E-state index is 0.0928. The number of aromatic nitrogens is 3. The zero-order chi connectivity index (χ0) is 23.3. The highest BCUT2D eigenvalue weighted by Crippen LogP contribution is 2.24. The van der Waals surface area contributed by atoms with E-state index in [-0.39, 0.29) is 17.4 Å². The number of benzene rings is 1. The summed E-state index contributed by atoms with van der Waals surface area (Å²) in [5.74, 6) is 1.49. The molecule has 1 atom stereocenters. The SMILES string of the molecule is CCNC(=O)c1ccc(C)c(Nc2nc(N[C@@H]3CCNC3)nc(N(C)CC(C)(C)C)n2)c1. The summed E-state index contributed by atoms with van der Waals surface area (Å²) in [6, 6.07) is 5.86. The fourth-order valence-corrected chi connectivity index (χ4v) is 3.68. The van der Waals surface area contributed by atoms with Crippen molar-refractivity contribution in [1.82, 2.24) is 25.6 Å². The van der Waals surface area contributed by atoms with Crippen LogP contribution in [0.1, 0.15) is 50.0 Å². The van der Waals surface area contributed by atoms with Crippen LogP contribution in [0.5, 0.6) is 0 Å². The van der Waals surface area contributed by atoms with Gasteiger partial charge < -0.3 is 26.2 Å². The predicted octanol–water partition coefficient (Wildman–Crippen LogP) is 2.93. The van der Waals surface area contributed by atoms with E-state index >= 15 is 0 Å². The van der Waals surface area contributed by atoms with Gasteiger partial charge in [-0.15, -0.1) is 0 Å². The predicted molar refractivity (Wildman–Crippen MR) is 130 cm³/mol. The van der Waals surface area contributed by atoms with Crippen molar-refractivity contribution in [3.8, 4) is 0 Å². The van der Waals surface area contributed by atoms with Gasteiger partial charge in [0, 0.05) is 44.0 Å². The maximum atomic E-state index is 12.3. The lowest BCUT2D eigenvalue weighted by atomic mass is 9.96. The molecule has 9 heteroatoms. The maximum Gasteiger partial charge on any atom is 0.251 e. The standard InChI is InChI=1S/C23H36N8O/c1-7-25-19(32)16-9-8-15(2)18(12-16)27-21-28-20(26-17-10-11-24-13-17)29-22(30-21)31(6)14-23(3,4)5/h8-9,12,17,24H,7,10-11,13-14H2,1-6H3,(H,25,32)(H2,26,27,28,29,30)/t17-/m1/s1. The minimum atomic E-state index is -0.104. The van der Waals surface area contributed by atoms with Gasteiger partial charge in [0.05, 0.1) is 0 Å². The molecule has 0 unspecified atom stereocenters. The number of carbonyl (C=O) groups excluding carboxylic acids is 1. The second-order valence-corrected chi connectivity index (χ2v) is 9.55. The summed E-state index contributed by atoms with van der Waals surface area (Å²) >= 11 is 0. The van der Waals surface area contributed by atoms with Gasteiger partial charge >= 0.3 is 0 Å². The van der Waals surface area contributed by atoms with Gasteiger partial charge in [-0.1, -0.05) is 26.8 Å². The van der Waals surface area contributed by atoms with Crippen LogP contribution in [0.4, 0.5) is 23.5 Å². The topological polar surface area (TPSA) is 107 Å². The van der Waals surface area contributed by atoms with Gasteiger partial charge in [-0.2, -0.15) is 15.0 Å². The summed E-state index contributed by atoms with van der Waals surface area (Å²) in [6.07, 6.45) is 1.02. The quantitative estimate of drug-likeness (QED) is 0.496. The number of nitrogens with zero attached hydrogens (tertiary/aromatic N) is 4. The lowest BCUT2D eigenvalue weighted by Gasteiger charge is -2.27. The highest BCUT2D eigenvalue weighted by atomic mass is 16.1. The first-order valence-electron chi connectivity index (χ1n) is 11.2. The van der Waals surface area contributed by atoms with Crippen molar-refractivity contribution in [3.63, 3.8) is 0 Å². The van der Waals surface area contributed by atoms with Crippen molar-refractivity contribution in [1.29, 1.82) is 0 Å². The van der Waals surface area contributed by atoms with Crippen LogP contribution in [0.3, 0.4) is 0 Å². The van der Waals surface area contributed by atoms with Gasteiger partial charge in [0.2, 0.25) is 17.8 Å². The molecule has 9 nitrogen and oxygen atoms in total. The van der Waals surface area contributed by atoms with Gasteiger partial charge in [-0.25, -0.2) is 0 Å². The van der Waals surface area contributed by atoms with Gasteiger partial charge in [0.25, 0.3) is 5.91 Å². The molecule has 3 rings (SSSR count). The second-order valence-electron chi connectivity index (χ2n) is 9.55. The van der Waals surface area contributed by atoms with E-state index in [0.717, 1.165) is 37.3 Å². The molecule has 2 aromatic rings. The smallest absolute Gasteiger partial charge is 0.251 e. The maximum absolute atomic E-state index is 12.3. The Labute approximate surface area is 190 Å². The molecule has 0 aliphatic carbocycles. The Balaban J connectivity index is 1.91. The van der Waals surface area contributed by atoms with Gasteiger partial charge in [-0.3, -0.25) is 4.79 Å². The molecule has 1 aliphatic heterocycles. The number of aryl methyl sites for hydroxylation is 1. The largest absolute Gasteiger partial charge is 0.352 e. The van der Waals surface area contributed by atoms with Crippen molar-refractivity contribution < 1.29 is 4.79 Å². The molecule has 4 N–H and O–H groups in total. The van der Waals surface area contributed by atoms with Crippen LogP contribution in [0.2, 0.25) is 0 Å². The zero-order valence-electron chi connectivity index (χ0n) is 20.0. The monoisotopic (exact) mass is 440 g/mol. The number of amides is 1. The highest BCUT2D eigenvalue weighted by Gasteiger charge is 2.20. The van der Waals surface area contributed by atoms with Crippen molar-refractivity contribution >= 4 is 29.4 Å². The Morgan fingerprint density at radius 1 is 1.22 bits per heavy atom. The molecular weight excluding hydrogens is 404 g/mol. The highest BCUT2D eigenvalue weighted by molar-refractivity contribution is 5.95. The van der Waals surface area contributed by atoms with Crippen molar-refractivity contribution in [2.24, 2.45) is 5.41 Å². The summed E-state index contributed by atoms with van der Waals surface area (Å²) < 4.78 is 0.